The highest BCUT2D eigenvalue weighted by atomic mass is 31.1. The molecular weight excluding hydrogens is 275 g/mol. The molecule has 2 atom stereocenters. The first kappa shape index (κ1) is 18.4. The zero-order valence-electron chi connectivity index (χ0n) is 15.0. The second-order valence-electron chi connectivity index (χ2n) is 7.83. The zero-order chi connectivity index (χ0) is 16.4. The number of rotatable bonds is 5. The van der Waals surface area contributed by atoms with Gasteiger partial charge in [0.15, 0.2) is 5.52 Å². The van der Waals surface area contributed by atoms with Crippen molar-refractivity contribution in [2.24, 2.45) is 11.3 Å². The fourth-order valence-electron chi connectivity index (χ4n) is 3.37. The van der Waals surface area contributed by atoms with Crippen LogP contribution in [-0.2, 0) is 0 Å². The Morgan fingerprint density at radius 1 is 1.14 bits per heavy atom. The van der Waals surface area contributed by atoms with E-state index in [2.05, 4.69) is 67.3 Å². The molecule has 0 fully saturated rings. The summed E-state index contributed by atoms with van der Waals surface area (Å²) in [5, 5.41) is 0. The molecular formula is C19H31OP. The molecule has 2 unspecified atom stereocenters. The average Bonchev–Trinajstić information content (AvgIpc) is 2.24. The van der Waals surface area contributed by atoms with E-state index in [1.165, 1.54) is 12.0 Å². The van der Waals surface area contributed by atoms with Crippen molar-refractivity contribution in [2.75, 3.05) is 12.8 Å². The van der Waals surface area contributed by atoms with Crippen molar-refractivity contribution in [3.8, 4) is 0 Å². The number of benzene rings is 1. The number of hydrogen-bond acceptors (Lipinski definition) is 1. The maximum atomic E-state index is 12.8. The number of aryl methyl sites for hydroxylation is 3. The Morgan fingerprint density at radius 3 is 2.05 bits per heavy atom. The van der Waals surface area contributed by atoms with Crippen LogP contribution in [0, 0.1) is 32.1 Å². The Balaban J connectivity index is 2.84. The molecule has 1 nitrogen and oxygen atoms in total. The van der Waals surface area contributed by atoms with Crippen molar-refractivity contribution in [1.29, 1.82) is 0 Å². The van der Waals surface area contributed by atoms with Crippen LogP contribution in [0.5, 0.6) is 0 Å². The molecule has 0 aliphatic rings. The molecule has 0 N–H and O–H groups in total. The van der Waals surface area contributed by atoms with Crippen LogP contribution in [-0.4, -0.2) is 18.4 Å². The van der Waals surface area contributed by atoms with Crippen LogP contribution in [0.25, 0.3) is 0 Å². The van der Waals surface area contributed by atoms with E-state index in [1.54, 1.807) is 0 Å². The summed E-state index contributed by atoms with van der Waals surface area (Å²) in [5.41, 5.74) is 5.19. The van der Waals surface area contributed by atoms with Crippen LogP contribution < -0.4 is 0 Å². The van der Waals surface area contributed by atoms with E-state index in [4.69, 9.17) is 0 Å². The quantitative estimate of drug-likeness (QED) is 0.616. The predicted octanol–water partition coefficient (Wildman–Crippen LogP) is 5.94. The van der Waals surface area contributed by atoms with Crippen molar-refractivity contribution in [3.05, 3.63) is 34.4 Å². The lowest BCUT2D eigenvalue weighted by molar-refractivity contribution is 0.108. The molecule has 0 amide bonds. The summed E-state index contributed by atoms with van der Waals surface area (Å²) in [6.07, 6.45) is 2.22. The molecule has 2 heteroatoms. The predicted molar refractivity (Wildman–Crippen MR) is 95.9 cm³/mol. The van der Waals surface area contributed by atoms with Crippen molar-refractivity contribution in [2.45, 2.75) is 54.9 Å². The van der Waals surface area contributed by atoms with Crippen LogP contribution in [0.2, 0.25) is 0 Å². The largest absolute Gasteiger partial charge is 0.289 e. The summed E-state index contributed by atoms with van der Waals surface area (Å²) in [7, 11) is -0.591. The highest BCUT2D eigenvalue weighted by molar-refractivity contribution is 7.74. The third-order valence-corrected chi connectivity index (χ3v) is 5.87. The minimum absolute atomic E-state index is 0.342. The number of carbonyl (C=O) groups is 1. The summed E-state index contributed by atoms with van der Waals surface area (Å²) < 4.78 is 0. The van der Waals surface area contributed by atoms with Gasteiger partial charge in [0.1, 0.15) is 0 Å². The van der Waals surface area contributed by atoms with Crippen LogP contribution in [0.4, 0.5) is 0 Å². The van der Waals surface area contributed by atoms with Crippen molar-refractivity contribution in [1.82, 2.24) is 0 Å². The SMILES string of the molecule is Cc1cc(C)c(C(=O)P(C)CC(C)CC(C)(C)C)c(C)c1. The van der Waals surface area contributed by atoms with Gasteiger partial charge < -0.3 is 0 Å². The van der Waals surface area contributed by atoms with Gasteiger partial charge in [0, 0.05) is 5.56 Å². The summed E-state index contributed by atoms with van der Waals surface area (Å²) in [6, 6.07) is 4.25. The second-order valence-corrected chi connectivity index (χ2v) is 10.00. The van der Waals surface area contributed by atoms with Gasteiger partial charge >= 0.3 is 0 Å². The first-order valence-electron chi connectivity index (χ1n) is 7.84. The van der Waals surface area contributed by atoms with E-state index in [0.717, 1.165) is 22.9 Å². The summed E-state index contributed by atoms with van der Waals surface area (Å²) in [5.74, 6) is 0.608. The monoisotopic (exact) mass is 306 g/mol. The molecule has 0 aromatic heterocycles. The molecule has 0 spiro atoms. The number of hydrogen-bond donors (Lipinski definition) is 0. The van der Waals surface area contributed by atoms with Gasteiger partial charge in [0.25, 0.3) is 0 Å². The highest BCUT2D eigenvalue weighted by Crippen LogP contribution is 2.41. The minimum Gasteiger partial charge on any atom is -0.289 e. The Morgan fingerprint density at radius 2 is 1.62 bits per heavy atom. The Bertz CT molecular complexity index is 488. The van der Waals surface area contributed by atoms with Gasteiger partial charge in [-0.2, -0.15) is 0 Å². The van der Waals surface area contributed by atoms with E-state index >= 15 is 0 Å². The normalized spacial score (nSPS) is 14.9. The first-order valence-corrected chi connectivity index (χ1v) is 9.82. The van der Waals surface area contributed by atoms with Crippen LogP contribution >= 0.6 is 7.92 Å². The molecule has 0 saturated carbocycles. The lowest BCUT2D eigenvalue weighted by Crippen LogP contribution is -2.15. The Hall–Kier alpha value is -0.680. The molecule has 0 saturated heterocycles. The van der Waals surface area contributed by atoms with E-state index < -0.39 is 7.92 Å². The van der Waals surface area contributed by atoms with E-state index in [1.807, 2.05) is 0 Å². The van der Waals surface area contributed by atoms with Crippen LogP contribution in [0.1, 0.15) is 61.2 Å². The zero-order valence-corrected chi connectivity index (χ0v) is 15.9. The molecule has 0 bridgehead atoms. The molecule has 1 aromatic carbocycles. The highest BCUT2D eigenvalue weighted by Gasteiger charge is 2.23. The first-order chi connectivity index (χ1) is 9.51. The van der Waals surface area contributed by atoms with E-state index in [-0.39, 0.29) is 0 Å². The Kier molecular flexibility index (Phi) is 6.17. The van der Waals surface area contributed by atoms with Crippen molar-refractivity contribution in [3.63, 3.8) is 0 Å². The summed E-state index contributed by atoms with van der Waals surface area (Å²) in [6.45, 7) is 17.5. The Labute approximate surface area is 132 Å². The second kappa shape index (κ2) is 7.05. The van der Waals surface area contributed by atoms with Gasteiger partial charge in [-0.05, 0) is 70.4 Å². The lowest BCUT2D eigenvalue weighted by atomic mass is 9.86. The standard InChI is InChI=1S/C19H31OP/c1-13-9-15(3)17(16(4)10-13)18(20)21(8)12-14(2)11-19(5,6)7/h9-10,14H,11-12H2,1-8H3. The molecule has 1 rings (SSSR count). The summed E-state index contributed by atoms with van der Waals surface area (Å²) in [4.78, 5) is 12.8. The molecule has 0 heterocycles. The fraction of sp³-hybridized carbons (Fsp3) is 0.632. The minimum atomic E-state index is -0.591. The van der Waals surface area contributed by atoms with Gasteiger partial charge in [-0.15, -0.1) is 0 Å². The van der Waals surface area contributed by atoms with Gasteiger partial charge in [-0.25, -0.2) is 0 Å². The molecule has 118 valence electrons. The molecule has 0 aliphatic heterocycles. The average molecular weight is 306 g/mol. The third-order valence-electron chi connectivity index (χ3n) is 3.78. The van der Waals surface area contributed by atoms with Crippen LogP contribution in [0.3, 0.4) is 0 Å². The maximum Gasteiger partial charge on any atom is 0.184 e. The fourth-order valence-corrected chi connectivity index (χ4v) is 5.33. The van der Waals surface area contributed by atoms with Crippen molar-refractivity contribution >= 4 is 13.4 Å². The molecule has 0 radical (unpaired) electrons. The van der Waals surface area contributed by atoms with E-state index in [0.29, 0.717) is 16.9 Å². The van der Waals surface area contributed by atoms with E-state index in [9.17, 15) is 4.79 Å². The molecule has 1 aromatic rings. The smallest absolute Gasteiger partial charge is 0.184 e. The topological polar surface area (TPSA) is 17.1 Å². The molecule has 21 heavy (non-hydrogen) atoms. The van der Waals surface area contributed by atoms with Gasteiger partial charge in [-0.1, -0.05) is 45.4 Å². The number of carbonyl (C=O) groups excluding carboxylic acids is 1. The van der Waals surface area contributed by atoms with Gasteiger partial charge in [0.2, 0.25) is 0 Å². The van der Waals surface area contributed by atoms with Gasteiger partial charge in [0.05, 0.1) is 0 Å². The third kappa shape index (κ3) is 5.55. The summed E-state index contributed by atoms with van der Waals surface area (Å²) >= 11 is 0. The maximum absolute atomic E-state index is 12.8. The lowest BCUT2D eigenvalue weighted by Gasteiger charge is -2.25. The van der Waals surface area contributed by atoms with Gasteiger partial charge in [-0.3, -0.25) is 4.79 Å². The van der Waals surface area contributed by atoms with Crippen molar-refractivity contribution < 1.29 is 4.79 Å². The van der Waals surface area contributed by atoms with Crippen LogP contribution in [0.15, 0.2) is 12.1 Å². The molecule has 0 aliphatic carbocycles.